The van der Waals surface area contributed by atoms with E-state index in [4.69, 9.17) is 0 Å². The quantitative estimate of drug-likeness (QED) is 0.726. The summed E-state index contributed by atoms with van der Waals surface area (Å²) in [5.41, 5.74) is 2.99. The molecule has 0 spiro atoms. The predicted molar refractivity (Wildman–Crippen MR) is 96.6 cm³/mol. The first-order valence-corrected chi connectivity index (χ1v) is 7.83. The molecule has 0 radical (unpaired) electrons. The van der Waals surface area contributed by atoms with Crippen LogP contribution in [0.5, 0.6) is 0 Å². The number of nitrogens with one attached hydrogen (secondary N) is 1. The summed E-state index contributed by atoms with van der Waals surface area (Å²) < 4.78 is 1.80. The summed E-state index contributed by atoms with van der Waals surface area (Å²) in [5, 5.41) is 7.35. The zero-order valence-corrected chi connectivity index (χ0v) is 13.5. The third-order valence-corrected chi connectivity index (χ3v) is 3.56. The molecule has 2 aromatic carbocycles. The van der Waals surface area contributed by atoms with Crippen molar-refractivity contribution in [2.24, 2.45) is 0 Å². The molecule has 1 amide bonds. The first-order chi connectivity index (χ1) is 11.7. The maximum atomic E-state index is 12.2. The van der Waals surface area contributed by atoms with Crippen LogP contribution in [-0.2, 0) is 11.3 Å². The van der Waals surface area contributed by atoms with Crippen molar-refractivity contribution in [3.8, 4) is 0 Å². The summed E-state index contributed by atoms with van der Waals surface area (Å²) in [4.78, 5) is 12.2. The number of carbonyl (C=O) groups is 1. The van der Waals surface area contributed by atoms with Crippen LogP contribution in [0.1, 0.15) is 16.8 Å². The van der Waals surface area contributed by atoms with Crippen LogP contribution in [0, 0.1) is 6.92 Å². The molecule has 1 N–H and O–H groups in total. The Morgan fingerprint density at radius 3 is 2.46 bits per heavy atom. The monoisotopic (exact) mass is 317 g/mol. The second kappa shape index (κ2) is 7.42. The number of amides is 1. The Balaban J connectivity index is 1.71. The van der Waals surface area contributed by atoms with Gasteiger partial charge in [-0.2, -0.15) is 5.10 Å². The molecule has 0 aliphatic rings. The third kappa shape index (κ3) is 4.20. The summed E-state index contributed by atoms with van der Waals surface area (Å²) in [6.45, 7) is 2.53. The molecule has 3 rings (SSSR count). The first-order valence-electron chi connectivity index (χ1n) is 7.83. The van der Waals surface area contributed by atoms with E-state index in [1.807, 2.05) is 73.7 Å². The number of hydrogen-bond donors (Lipinski definition) is 1. The minimum atomic E-state index is -0.173. The van der Waals surface area contributed by atoms with Gasteiger partial charge in [0.2, 0.25) is 5.91 Å². The molecule has 4 nitrogen and oxygen atoms in total. The van der Waals surface area contributed by atoms with E-state index in [2.05, 4.69) is 10.4 Å². The zero-order chi connectivity index (χ0) is 16.8. The van der Waals surface area contributed by atoms with E-state index in [-0.39, 0.29) is 5.91 Å². The van der Waals surface area contributed by atoms with Crippen LogP contribution in [0.3, 0.4) is 0 Å². The van der Waals surface area contributed by atoms with Gasteiger partial charge < -0.3 is 5.32 Å². The van der Waals surface area contributed by atoms with Crippen molar-refractivity contribution in [1.82, 2.24) is 9.78 Å². The van der Waals surface area contributed by atoms with Crippen molar-refractivity contribution in [3.63, 3.8) is 0 Å². The molecule has 0 saturated carbocycles. The second-order valence-electron chi connectivity index (χ2n) is 5.55. The van der Waals surface area contributed by atoms with Crippen molar-refractivity contribution in [1.29, 1.82) is 0 Å². The maximum absolute atomic E-state index is 12.2. The Labute approximate surface area is 141 Å². The van der Waals surface area contributed by atoms with E-state index in [0.717, 1.165) is 16.8 Å². The minimum absolute atomic E-state index is 0.173. The van der Waals surface area contributed by atoms with Crippen molar-refractivity contribution in [3.05, 3.63) is 89.6 Å². The Hall–Kier alpha value is -3.14. The highest BCUT2D eigenvalue weighted by atomic mass is 16.1. The molecule has 3 aromatic rings. The fraction of sp³-hybridized carbons (Fsp3) is 0.100. The van der Waals surface area contributed by atoms with Crippen molar-refractivity contribution < 1.29 is 4.79 Å². The van der Waals surface area contributed by atoms with Crippen LogP contribution in [0.25, 0.3) is 6.08 Å². The molecule has 0 aliphatic heterocycles. The normalized spacial score (nSPS) is 10.9. The Bertz CT molecular complexity index is 836. The van der Waals surface area contributed by atoms with E-state index >= 15 is 0 Å². The smallest absolute Gasteiger partial charge is 0.249 e. The maximum Gasteiger partial charge on any atom is 0.249 e. The lowest BCUT2D eigenvalue weighted by Crippen LogP contribution is -2.13. The number of rotatable bonds is 5. The molecule has 0 bridgehead atoms. The van der Waals surface area contributed by atoms with E-state index in [1.165, 1.54) is 6.08 Å². The lowest BCUT2D eigenvalue weighted by molar-refractivity contribution is -0.111. The van der Waals surface area contributed by atoms with E-state index in [0.29, 0.717) is 12.4 Å². The molecule has 0 saturated heterocycles. The Morgan fingerprint density at radius 2 is 1.75 bits per heavy atom. The number of aromatic nitrogens is 2. The van der Waals surface area contributed by atoms with Gasteiger partial charge in [0, 0.05) is 12.1 Å². The van der Waals surface area contributed by atoms with Gasteiger partial charge in [-0.3, -0.25) is 4.79 Å². The van der Waals surface area contributed by atoms with Gasteiger partial charge in [-0.15, -0.1) is 0 Å². The van der Waals surface area contributed by atoms with Crippen LogP contribution in [0.2, 0.25) is 0 Å². The summed E-state index contributed by atoms with van der Waals surface area (Å²) >= 11 is 0. The Morgan fingerprint density at radius 1 is 1.08 bits per heavy atom. The van der Waals surface area contributed by atoms with Crippen LogP contribution in [0.4, 0.5) is 5.82 Å². The van der Waals surface area contributed by atoms with Crippen molar-refractivity contribution >= 4 is 17.8 Å². The van der Waals surface area contributed by atoms with Gasteiger partial charge in [0.05, 0.1) is 12.2 Å². The molecule has 0 aliphatic carbocycles. The minimum Gasteiger partial charge on any atom is -0.307 e. The molecule has 4 heteroatoms. The molecular weight excluding hydrogens is 298 g/mol. The molecule has 1 aromatic heterocycles. The number of benzene rings is 2. The second-order valence-corrected chi connectivity index (χ2v) is 5.55. The lowest BCUT2D eigenvalue weighted by atomic mass is 10.2. The van der Waals surface area contributed by atoms with Gasteiger partial charge in [-0.1, -0.05) is 60.7 Å². The average Bonchev–Trinajstić information content (AvgIpc) is 2.94. The van der Waals surface area contributed by atoms with E-state index in [9.17, 15) is 4.79 Å². The summed E-state index contributed by atoms with van der Waals surface area (Å²) in [5.74, 6) is 0.520. The number of anilines is 1. The molecule has 0 fully saturated rings. The van der Waals surface area contributed by atoms with Gasteiger partial charge in [0.25, 0.3) is 0 Å². The summed E-state index contributed by atoms with van der Waals surface area (Å²) in [6.07, 6.45) is 3.32. The standard InChI is InChI=1S/C20H19N3O/c1-16-14-19(23(22-16)15-18-10-6-3-7-11-18)21-20(24)13-12-17-8-4-2-5-9-17/h2-14H,15H2,1H3,(H,21,24)/b13-12+. The molecule has 0 atom stereocenters. The molecule has 24 heavy (non-hydrogen) atoms. The van der Waals surface area contributed by atoms with E-state index in [1.54, 1.807) is 10.8 Å². The predicted octanol–water partition coefficient (Wildman–Crippen LogP) is 3.89. The largest absolute Gasteiger partial charge is 0.307 e. The van der Waals surface area contributed by atoms with Crippen LogP contribution < -0.4 is 5.32 Å². The van der Waals surface area contributed by atoms with Crippen LogP contribution in [0.15, 0.2) is 72.8 Å². The fourth-order valence-electron chi connectivity index (χ4n) is 2.43. The topological polar surface area (TPSA) is 46.9 Å². The Kier molecular flexibility index (Phi) is 4.87. The number of hydrogen-bond acceptors (Lipinski definition) is 2. The first kappa shape index (κ1) is 15.7. The van der Waals surface area contributed by atoms with Gasteiger partial charge in [0.1, 0.15) is 5.82 Å². The molecule has 120 valence electrons. The van der Waals surface area contributed by atoms with Crippen LogP contribution >= 0.6 is 0 Å². The fourth-order valence-corrected chi connectivity index (χ4v) is 2.43. The van der Waals surface area contributed by atoms with E-state index < -0.39 is 0 Å². The molecular formula is C20H19N3O. The average molecular weight is 317 g/mol. The SMILES string of the molecule is Cc1cc(NC(=O)/C=C/c2ccccc2)n(Cc2ccccc2)n1. The van der Waals surface area contributed by atoms with Gasteiger partial charge >= 0.3 is 0 Å². The highest BCUT2D eigenvalue weighted by Gasteiger charge is 2.08. The number of aryl methyl sites for hydroxylation is 1. The molecule has 1 heterocycles. The summed E-state index contributed by atoms with van der Waals surface area (Å²) in [6, 6.07) is 21.6. The number of carbonyl (C=O) groups excluding carboxylic acids is 1. The van der Waals surface area contributed by atoms with Crippen molar-refractivity contribution in [2.45, 2.75) is 13.5 Å². The summed E-state index contributed by atoms with van der Waals surface area (Å²) in [7, 11) is 0. The van der Waals surface area contributed by atoms with Gasteiger partial charge in [-0.25, -0.2) is 4.68 Å². The molecule has 0 unspecified atom stereocenters. The highest BCUT2D eigenvalue weighted by molar-refractivity contribution is 6.01. The third-order valence-electron chi connectivity index (χ3n) is 3.56. The van der Waals surface area contributed by atoms with Gasteiger partial charge in [-0.05, 0) is 24.1 Å². The van der Waals surface area contributed by atoms with Crippen molar-refractivity contribution in [2.75, 3.05) is 5.32 Å². The highest BCUT2D eigenvalue weighted by Crippen LogP contribution is 2.13. The lowest BCUT2D eigenvalue weighted by Gasteiger charge is -2.07. The number of nitrogens with zero attached hydrogens (tertiary/aromatic N) is 2. The van der Waals surface area contributed by atoms with Crippen LogP contribution in [-0.4, -0.2) is 15.7 Å². The zero-order valence-electron chi connectivity index (χ0n) is 13.5. The van der Waals surface area contributed by atoms with Gasteiger partial charge in [0.15, 0.2) is 0 Å².